The minimum Gasteiger partial charge on any atom is -0.488 e. The van der Waals surface area contributed by atoms with E-state index in [1.54, 1.807) is 30.3 Å². The van der Waals surface area contributed by atoms with Crippen molar-refractivity contribution >= 4 is 39.7 Å². The Morgan fingerprint density at radius 2 is 2.07 bits per heavy atom. The Morgan fingerprint density at radius 1 is 1.30 bits per heavy atom. The molecule has 0 aliphatic carbocycles. The molecule has 0 amide bonds. The molecule has 3 rings (SSSR count). The molecule has 7 nitrogen and oxygen atoms in total. The van der Waals surface area contributed by atoms with Gasteiger partial charge in [-0.3, -0.25) is 0 Å². The zero-order valence-electron chi connectivity index (χ0n) is 15.8. The third kappa shape index (κ3) is 5.72. The number of hydrogen-bond donors (Lipinski definition) is 1. The smallest absolute Gasteiger partial charge is 0.342 e. The van der Waals surface area contributed by atoms with Crippen LogP contribution in [-0.4, -0.2) is 21.3 Å². The van der Waals surface area contributed by atoms with Crippen LogP contribution < -0.4 is 4.74 Å². The number of hydrogen-bond acceptors (Lipinski definition) is 7. The van der Waals surface area contributed by atoms with E-state index in [-0.39, 0.29) is 10.1 Å². The van der Waals surface area contributed by atoms with Gasteiger partial charge in [0.15, 0.2) is 0 Å². The first-order chi connectivity index (χ1) is 14.5. The molecule has 0 fully saturated rings. The molecule has 0 saturated heterocycles. The van der Waals surface area contributed by atoms with Gasteiger partial charge in [0.25, 0.3) is 5.22 Å². The summed E-state index contributed by atoms with van der Waals surface area (Å²) in [5.41, 5.74) is 2.20. The maximum absolute atomic E-state index is 11.6. The standard InChI is InChI=1S/C21H16BrN3O4S/c1-2-19-24-25-21(29-19)30-18(20(26)27)10-15-7-8-17(16(22)9-15)28-12-14-5-3-13(11-23)4-6-14/h3-10H,2,12H2,1H3,(H,26,27)/b18-10-. The van der Waals surface area contributed by atoms with Gasteiger partial charge in [0.1, 0.15) is 17.3 Å². The van der Waals surface area contributed by atoms with Crippen LogP contribution in [-0.2, 0) is 17.8 Å². The summed E-state index contributed by atoms with van der Waals surface area (Å²) in [5, 5.41) is 26.2. The van der Waals surface area contributed by atoms with Crippen molar-refractivity contribution in [2.45, 2.75) is 25.2 Å². The molecule has 2 aromatic carbocycles. The van der Waals surface area contributed by atoms with Crippen molar-refractivity contribution in [3.8, 4) is 11.8 Å². The van der Waals surface area contributed by atoms with Gasteiger partial charge in [0.2, 0.25) is 5.89 Å². The fourth-order valence-corrected chi connectivity index (χ4v) is 3.56. The number of aliphatic carboxylic acids is 1. The fourth-order valence-electron chi connectivity index (χ4n) is 2.36. The first kappa shape index (κ1) is 21.6. The topological polar surface area (TPSA) is 109 Å². The number of thioether (sulfide) groups is 1. The molecular formula is C21H16BrN3O4S. The van der Waals surface area contributed by atoms with Gasteiger partial charge < -0.3 is 14.3 Å². The number of rotatable bonds is 8. The molecule has 0 spiro atoms. The van der Waals surface area contributed by atoms with Gasteiger partial charge in [0, 0.05) is 6.42 Å². The van der Waals surface area contributed by atoms with Gasteiger partial charge in [-0.25, -0.2) is 4.79 Å². The molecule has 1 N–H and O–H groups in total. The van der Waals surface area contributed by atoms with E-state index in [4.69, 9.17) is 14.4 Å². The van der Waals surface area contributed by atoms with E-state index in [2.05, 4.69) is 32.2 Å². The van der Waals surface area contributed by atoms with Crippen molar-refractivity contribution in [2.75, 3.05) is 0 Å². The molecule has 0 radical (unpaired) electrons. The molecule has 0 bridgehead atoms. The van der Waals surface area contributed by atoms with Crippen LogP contribution in [0.25, 0.3) is 6.08 Å². The van der Waals surface area contributed by atoms with E-state index in [9.17, 15) is 9.90 Å². The van der Waals surface area contributed by atoms with Crippen LogP contribution in [0.5, 0.6) is 5.75 Å². The number of nitrogens with zero attached hydrogens (tertiary/aromatic N) is 3. The summed E-state index contributed by atoms with van der Waals surface area (Å²) in [6.45, 7) is 2.21. The first-order valence-corrected chi connectivity index (χ1v) is 10.5. The Hall–Kier alpha value is -3.09. The molecule has 0 saturated carbocycles. The lowest BCUT2D eigenvalue weighted by Crippen LogP contribution is -1.98. The number of halogens is 1. The normalized spacial score (nSPS) is 11.2. The minimum atomic E-state index is -1.09. The van der Waals surface area contributed by atoms with E-state index in [1.807, 2.05) is 19.1 Å². The Kier molecular flexibility index (Phi) is 7.27. The monoisotopic (exact) mass is 485 g/mol. The maximum atomic E-state index is 11.6. The zero-order valence-corrected chi connectivity index (χ0v) is 18.2. The van der Waals surface area contributed by atoms with E-state index in [0.29, 0.717) is 40.3 Å². The van der Waals surface area contributed by atoms with Gasteiger partial charge in [-0.05, 0) is 69.2 Å². The van der Waals surface area contributed by atoms with E-state index < -0.39 is 5.97 Å². The minimum absolute atomic E-state index is 0.0550. The summed E-state index contributed by atoms with van der Waals surface area (Å²) >= 11 is 4.36. The zero-order chi connectivity index (χ0) is 21.5. The molecule has 0 aliphatic rings. The van der Waals surface area contributed by atoms with Crippen LogP contribution in [0.15, 0.2) is 61.5 Å². The number of ether oxygens (including phenoxy) is 1. The third-order valence-electron chi connectivity index (χ3n) is 3.89. The van der Waals surface area contributed by atoms with Gasteiger partial charge in [-0.15, -0.1) is 10.2 Å². The highest BCUT2D eigenvalue weighted by atomic mass is 79.9. The van der Waals surface area contributed by atoms with Crippen molar-refractivity contribution in [1.29, 1.82) is 5.26 Å². The molecule has 1 aromatic heterocycles. The number of carboxylic acids is 1. The number of aryl methyl sites for hydroxylation is 1. The quantitative estimate of drug-likeness (QED) is 0.348. The van der Waals surface area contributed by atoms with Crippen molar-refractivity contribution in [1.82, 2.24) is 10.2 Å². The Bertz CT molecular complexity index is 1120. The predicted molar refractivity (Wildman–Crippen MR) is 115 cm³/mol. The summed E-state index contributed by atoms with van der Waals surface area (Å²) in [4.78, 5) is 11.7. The van der Waals surface area contributed by atoms with Crippen LogP contribution in [0.4, 0.5) is 0 Å². The number of nitriles is 1. The molecule has 152 valence electrons. The summed E-state index contributed by atoms with van der Waals surface area (Å²) < 4.78 is 11.9. The molecule has 9 heteroatoms. The summed E-state index contributed by atoms with van der Waals surface area (Å²) in [6, 6.07) is 14.5. The fraction of sp³-hybridized carbons (Fsp3) is 0.143. The highest BCUT2D eigenvalue weighted by Gasteiger charge is 2.15. The summed E-state index contributed by atoms with van der Waals surface area (Å²) in [6.07, 6.45) is 2.11. The van der Waals surface area contributed by atoms with Crippen molar-refractivity contribution in [3.05, 3.63) is 74.4 Å². The lowest BCUT2D eigenvalue weighted by atomic mass is 10.1. The SMILES string of the molecule is CCc1nnc(S/C(=C\c2ccc(OCc3ccc(C#N)cc3)c(Br)c2)C(=O)O)o1. The van der Waals surface area contributed by atoms with Crippen LogP contribution in [0.1, 0.15) is 29.5 Å². The second-order valence-electron chi connectivity index (χ2n) is 6.02. The Labute approximate surface area is 185 Å². The predicted octanol–water partition coefficient (Wildman–Crippen LogP) is 5.06. The lowest BCUT2D eigenvalue weighted by Gasteiger charge is -2.09. The molecular weight excluding hydrogens is 470 g/mol. The van der Waals surface area contributed by atoms with Crippen LogP contribution in [0, 0.1) is 11.3 Å². The van der Waals surface area contributed by atoms with Crippen LogP contribution in [0.3, 0.4) is 0 Å². The highest BCUT2D eigenvalue weighted by molar-refractivity contribution is 9.10. The Morgan fingerprint density at radius 3 is 2.67 bits per heavy atom. The second-order valence-corrected chi connectivity index (χ2v) is 7.87. The van der Waals surface area contributed by atoms with E-state index >= 15 is 0 Å². The average molecular weight is 486 g/mol. The third-order valence-corrected chi connectivity index (χ3v) is 5.36. The molecule has 1 heterocycles. The summed E-state index contributed by atoms with van der Waals surface area (Å²) in [5.74, 6) is -0.0206. The van der Waals surface area contributed by atoms with Crippen LogP contribution >= 0.6 is 27.7 Å². The van der Waals surface area contributed by atoms with Crippen LogP contribution in [0.2, 0.25) is 0 Å². The number of carbonyl (C=O) groups is 1. The molecule has 3 aromatic rings. The largest absolute Gasteiger partial charge is 0.488 e. The maximum Gasteiger partial charge on any atom is 0.342 e. The van der Waals surface area contributed by atoms with Gasteiger partial charge in [0.05, 0.1) is 16.1 Å². The first-order valence-electron chi connectivity index (χ1n) is 8.85. The Balaban J connectivity index is 1.71. The molecule has 30 heavy (non-hydrogen) atoms. The van der Waals surface area contributed by atoms with E-state index in [0.717, 1.165) is 17.3 Å². The average Bonchev–Trinajstić information content (AvgIpc) is 3.20. The number of benzene rings is 2. The number of aromatic nitrogens is 2. The van der Waals surface area contributed by atoms with Gasteiger partial charge in [-0.2, -0.15) is 5.26 Å². The highest BCUT2D eigenvalue weighted by Crippen LogP contribution is 2.31. The van der Waals surface area contributed by atoms with Crippen molar-refractivity contribution in [3.63, 3.8) is 0 Å². The molecule has 0 atom stereocenters. The summed E-state index contributed by atoms with van der Waals surface area (Å²) in [7, 11) is 0. The molecule has 0 unspecified atom stereocenters. The lowest BCUT2D eigenvalue weighted by molar-refractivity contribution is -0.131. The van der Waals surface area contributed by atoms with Crippen molar-refractivity contribution in [2.24, 2.45) is 0 Å². The van der Waals surface area contributed by atoms with Gasteiger partial charge in [-0.1, -0.05) is 25.1 Å². The van der Waals surface area contributed by atoms with Gasteiger partial charge >= 0.3 is 5.97 Å². The molecule has 0 aliphatic heterocycles. The van der Waals surface area contributed by atoms with E-state index in [1.165, 1.54) is 6.08 Å². The van der Waals surface area contributed by atoms with Crippen molar-refractivity contribution < 1.29 is 19.1 Å². The second kappa shape index (κ2) is 10.1. The number of carboxylic acid groups (broad SMARTS) is 1.